The third-order valence-electron chi connectivity index (χ3n) is 3.59. The molecule has 1 amide bonds. The van der Waals surface area contributed by atoms with E-state index in [0.29, 0.717) is 12.4 Å². The molecule has 0 aromatic carbocycles. The Morgan fingerprint density at radius 1 is 1.48 bits per heavy atom. The molecule has 1 aliphatic rings. The van der Waals surface area contributed by atoms with Gasteiger partial charge in [-0.25, -0.2) is 0 Å². The molecule has 2 heterocycles. The van der Waals surface area contributed by atoms with Gasteiger partial charge in [-0.3, -0.25) is 14.2 Å². The van der Waals surface area contributed by atoms with Gasteiger partial charge in [-0.2, -0.15) is 4.98 Å². The molecule has 0 spiro atoms. The molecule has 2 rings (SSSR count). The molecule has 0 aliphatic carbocycles. The fourth-order valence-electron chi connectivity index (χ4n) is 2.61. The lowest BCUT2D eigenvalue weighted by Gasteiger charge is -2.24. The van der Waals surface area contributed by atoms with Gasteiger partial charge >= 0.3 is 0 Å². The van der Waals surface area contributed by atoms with Crippen molar-refractivity contribution in [1.29, 1.82) is 0 Å². The second-order valence-electron chi connectivity index (χ2n) is 6.95. The van der Waals surface area contributed by atoms with Crippen LogP contribution in [0.3, 0.4) is 0 Å². The van der Waals surface area contributed by atoms with Crippen LogP contribution in [-0.4, -0.2) is 20.6 Å². The van der Waals surface area contributed by atoms with Gasteiger partial charge in [0.2, 0.25) is 11.8 Å². The van der Waals surface area contributed by atoms with Crippen LogP contribution in [0.5, 0.6) is 5.88 Å². The predicted molar refractivity (Wildman–Crippen MR) is 80.5 cm³/mol. The normalized spacial score (nSPS) is 18.2. The van der Waals surface area contributed by atoms with E-state index in [-0.39, 0.29) is 40.8 Å². The van der Waals surface area contributed by atoms with Crippen molar-refractivity contribution in [2.45, 2.75) is 59.4 Å². The molecule has 21 heavy (non-hydrogen) atoms. The molecule has 6 nitrogen and oxygen atoms in total. The van der Waals surface area contributed by atoms with Gasteiger partial charge < -0.3 is 10.4 Å². The smallest absolute Gasteiger partial charge is 0.281 e. The molecule has 1 aliphatic heterocycles. The molecule has 1 atom stereocenters. The number of anilines is 1. The number of fused-ring (bicyclic) bond motifs is 1. The largest absolute Gasteiger partial charge is 0.492 e. The summed E-state index contributed by atoms with van der Waals surface area (Å²) in [6, 6.07) is 0. The number of hydrogen-bond donors (Lipinski definition) is 2. The first kappa shape index (κ1) is 15.5. The Hall–Kier alpha value is -1.85. The Labute approximate surface area is 124 Å². The third-order valence-corrected chi connectivity index (χ3v) is 3.59. The van der Waals surface area contributed by atoms with E-state index in [9.17, 15) is 14.7 Å². The molecule has 1 aromatic heterocycles. The van der Waals surface area contributed by atoms with Crippen LogP contribution in [0.1, 0.15) is 58.7 Å². The number of carbonyl (C=O) groups is 1. The van der Waals surface area contributed by atoms with Crippen LogP contribution >= 0.6 is 0 Å². The van der Waals surface area contributed by atoms with Gasteiger partial charge in [0, 0.05) is 18.9 Å². The zero-order valence-electron chi connectivity index (χ0n) is 13.1. The Morgan fingerprint density at radius 2 is 2.14 bits per heavy atom. The maximum atomic E-state index is 12.4. The number of rotatable bonds is 2. The quantitative estimate of drug-likeness (QED) is 0.875. The topological polar surface area (TPSA) is 84.2 Å². The minimum Gasteiger partial charge on any atom is -0.492 e. The molecule has 0 radical (unpaired) electrons. The number of carbonyl (C=O) groups excluding carboxylic acids is 1. The van der Waals surface area contributed by atoms with Crippen molar-refractivity contribution in [3.8, 4) is 5.88 Å². The molecule has 0 bridgehead atoms. The van der Waals surface area contributed by atoms with Crippen molar-refractivity contribution in [2.24, 2.45) is 5.41 Å². The second-order valence-corrected chi connectivity index (χ2v) is 6.95. The van der Waals surface area contributed by atoms with E-state index in [1.807, 2.05) is 27.7 Å². The first-order valence-corrected chi connectivity index (χ1v) is 7.32. The zero-order valence-corrected chi connectivity index (χ0v) is 13.1. The summed E-state index contributed by atoms with van der Waals surface area (Å²) in [6.07, 6.45) is 2.11. The van der Waals surface area contributed by atoms with E-state index in [1.165, 1.54) is 0 Å². The zero-order chi connectivity index (χ0) is 15.8. The van der Waals surface area contributed by atoms with Gasteiger partial charge in [0.25, 0.3) is 5.56 Å². The van der Waals surface area contributed by atoms with E-state index in [0.717, 1.165) is 12.8 Å². The number of aromatic hydroxyl groups is 1. The summed E-state index contributed by atoms with van der Waals surface area (Å²) in [6.45, 7) is 8.37. The van der Waals surface area contributed by atoms with E-state index < -0.39 is 0 Å². The molecular formula is C15H23N3O3. The lowest BCUT2D eigenvalue weighted by atomic mass is 9.92. The average Bonchev–Trinajstić information content (AvgIpc) is 2.34. The van der Waals surface area contributed by atoms with Gasteiger partial charge in [0.1, 0.15) is 5.82 Å². The van der Waals surface area contributed by atoms with E-state index in [4.69, 9.17) is 0 Å². The summed E-state index contributed by atoms with van der Waals surface area (Å²) < 4.78 is 1.56. The predicted octanol–water partition coefficient (Wildman–Crippen LogP) is 2.22. The number of nitrogens with one attached hydrogen (secondary N) is 1. The molecule has 0 fully saturated rings. The van der Waals surface area contributed by atoms with Gasteiger partial charge in [-0.15, -0.1) is 0 Å². The molecule has 1 unspecified atom stereocenters. The minimum absolute atomic E-state index is 0.109. The maximum absolute atomic E-state index is 12.4. The number of hydrogen-bond acceptors (Lipinski definition) is 4. The lowest BCUT2D eigenvalue weighted by Crippen LogP contribution is -2.33. The van der Waals surface area contributed by atoms with Crippen molar-refractivity contribution in [3.63, 3.8) is 0 Å². The van der Waals surface area contributed by atoms with Crippen LogP contribution in [0, 0.1) is 5.41 Å². The van der Waals surface area contributed by atoms with Crippen molar-refractivity contribution < 1.29 is 9.90 Å². The summed E-state index contributed by atoms with van der Waals surface area (Å²) in [5, 5.41) is 12.5. The van der Waals surface area contributed by atoms with E-state index in [2.05, 4.69) is 10.3 Å². The summed E-state index contributed by atoms with van der Waals surface area (Å²) in [5.74, 6) is 0.0533. The molecule has 0 saturated carbocycles. The van der Waals surface area contributed by atoms with Crippen LogP contribution in [0.15, 0.2) is 4.79 Å². The highest BCUT2D eigenvalue weighted by Crippen LogP contribution is 2.28. The highest BCUT2D eigenvalue weighted by atomic mass is 16.3. The van der Waals surface area contributed by atoms with Crippen LogP contribution in [-0.2, 0) is 11.3 Å². The SMILES string of the molecule is CC1CCCn2c1nc(O)c(NC(=O)CC(C)(C)C)c2=O. The van der Waals surface area contributed by atoms with Gasteiger partial charge in [0.15, 0.2) is 5.69 Å². The van der Waals surface area contributed by atoms with Gasteiger partial charge in [-0.1, -0.05) is 27.7 Å². The monoisotopic (exact) mass is 293 g/mol. The van der Waals surface area contributed by atoms with Crippen LogP contribution in [0.25, 0.3) is 0 Å². The lowest BCUT2D eigenvalue weighted by molar-refractivity contribution is -0.117. The maximum Gasteiger partial charge on any atom is 0.281 e. The molecule has 0 saturated heterocycles. The fraction of sp³-hybridized carbons (Fsp3) is 0.667. The molecular weight excluding hydrogens is 270 g/mol. The number of amides is 1. The fourth-order valence-corrected chi connectivity index (χ4v) is 2.61. The Bertz CT molecular complexity index is 614. The van der Waals surface area contributed by atoms with Crippen molar-refractivity contribution in [1.82, 2.24) is 9.55 Å². The number of aromatic nitrogens is 2. The van der Waals surface area contributed by atoms with Crippen LogP contribution in [0.4, 0.5) is 5.69 Å². The Kier molecular flexibility index (Phi) is 4.07. The summed E-state index contributed by atoms with van der Waals surface area (Å²) in [4.78, 5) is 28.5. The van der Waals surface area contributed by atoms with Crippen molar-refractivity contribution in [3.05, 3.63) is 16.2 Å². The van der Waals surface area contributed by atoms with E-state index >= 15 is 0 Å². The molecule has 116 valence electrons. The summed E-state index contributed by atoms with van der Waals surface area (Å²) in [7, 11) is 0. The first-order chi connectivity index (χ1) is 9.69. The summed E-state index contributed by atoms with van der Waals surface area (Å²) in [5.41, 5.74) is -0.667. The Balaban J connectivity index is 2.33. The Morgan fingerprint density at radius 3 is 2.76 bits per heavy atom. The standard InChI is InChI=1S/C15H23N3O3/c1-9-6-5-7-18-12(9)17-13(20)11(14(18)21)16-10(19)8-15(2,3)4/h9,20H,5-8H2,1-4H3,(H,16,19). The van der Waals surface area contributed by atoms with Crippen LogP contribution < -0.4 is 10.9 Å². The van der Waals surface area contributed by atoms with Gasteiger partial charge in [-0.05, 0) is 18.3 Å². The first-order valence-electron chi connectivity index (χ1n) is 7.32. The summed E-state index contributed by atoms with van der Waals surface area (Å²) >= 11 is 0. The highest BCUT2D eigenvalue weighted by Gasteiger charge is 2.25. The second kappa shape index (κ2) is 5.50. The third kappa shape index (κ3) is 3.43. The van der Waals surface area contributed by atoms with Gasteiger partial charge in [0.05, 0.1) is 0 Å². The molecule has 2 N–H and O–H groups in total. The molecule has 6 heteroatoms. The van der Waals surface area contributed by atoms with E-state index in [1.54, 1.807) is 4.57 Å². The highest BCUT2D eigenvalue weighted by molar-refractivity contribution is 5.91. The average molecular weight is 293 g/mol. The van der Waals surface area contributed by atoms with Crippen molar-refractivity contribution >= 4 is 11.6 Å². The van der Waals surface area contributed by atoms with Crippen molar-refractivity contribution in [2.75, 3.05) is 5.32 Å². The molecule has 1 aromatic rings. The minimum atomic E-state index is -0.387. The van der Waals surface area contributed by atoms with Crippen LogP contribution in [0.2, 0.25) is 0 Å². The number of nitrogens with zero attached hydrogens (tertiary/aromatic N) is 2.